The number of methoxy groups -OCH3 is 1. The highest BCUT2D eigenvalue weighted by Crippen LogP contribution is 2.30. The molecule has 1 saturated heterocycles. The molecule has 1 aliphatic rings. The van der Waals surface area contributed by atoms with E-state index in [9.17, 15) is 4.79 Å². The normalized spacial score (nSPS) is 18.4. The van der Waals surface area contributed by atoms with E-state index in [1.54, 1.807) is 24.2 Å². The molecule has 33 heavy (non-hydrogen) atoms. The van der Waals surface area contributed by atoms with Crippen LogP contribution in [0.25, 0.3) is 16.9 Å². The highest BCUT2D eigenvalue weighted by Gasteiger charge is 2.32. The predicted molar refractivity (Wildman–Crippen MR) is 124 cm³/mol. The number of hydroxylamine groups is 2. The van der Waals surface area contributed by atoms with E-state index in [2.05, 4.69) is 20.6 Å². The number of amides is 2. The number of hydrogen-bond acceptors (Lipinski definition) is 7. The average molecular weight is 452 g/mol. The van der Waals surface area contributed by atoms with Gasteiger partial charge in [0.1, 0.15) is 17.3 Å². The van der Waals surface area contributed by atoms with Gasteiger partial charge in [-0.3, -0.25) is 10.2 Å². The summed E-state index contributed by atoms with van der Waals surface area (Å²) < 4.78 is 6.83. The molecule has 1 fully saturated rings. The number of aromatic nitrogens is 4. The fourth-order valence-corrected chi connectivity index (χ4v) is 3.72. The monoisotopic (exact) mass is 451 g/mol. The van der Waals surface area contributed by atoms with Gasteiger partial charge in [0.2, 0.25) is 0 Å². The molecule has 0 unspecified atom stereocenters. The van der Waals surface area contributed by atoms with E-state index in [0.717, 1.165) is 16.8 Å². The lowest BCUT2D eigenvalue weighted by atomic mass is 10.1. The topological polar surface area (TPSA) is 106 Å². The van der Waals surface area contributed by atoms with Crippen molar-refractivity contribution in [2.45, 2.75) is 32.9 Å². The lowest BCUT2D eigenvalue weighted by Gasteiger charge is -2.16. The SMILES string of the molecule is COCCN1C[C@@H](NC(=O)Nc2c(C)c(-c3cnc(C)nc3)nn2-c2ccccc2)[C@H](C)O1. The molecule has 4 rings (SSSR count). The second-order valence-electron chi connectivity index (χ2n) is 7.98. The first-order valence-electron chi connectivity index (χ1n) is 10.9. The number of hydrogen-bond donors (Lipinski definition) is 2. The third-order valence-electron chi connectivity index (χ3n) is 5.55. The van der Waals surface area contributed by atoms with E-state index in [1.807, 2.05) is 56.2 Å². The van der Waals surface area contributed by atoms with Gasteiger partial charge in [-0.15, -0.1) is 0 Å². The number of nitrogens with one attached hydrogen (secondary N) is 2. The number of anilines is 1. The van der Waals surface area contributed by atoms with Gasteiger partial charge in [-0.05, 0) is 32.9 Å². The van der Waals surface area contributed by atoms with Crippen molar-refractivity contribution in [1.29, 1.82) is 0 Å². The summed E-state index contributed by atoms with van der Waals surface area (Å²) in [6.07, 6.45) is 3.33. The van der Waals surface area contributed by atoms with Gasteiger partial charge >= 0.3 is 6.03 Å². The van der Waals surface area contributed by atoms with Crippen LogP contribution >= 0.6 is 0 Å². The fourth-order valence-electron chi connectivity index (χ4n) is 3.72. The maximum Gasteiger partial charge on any atom is 0.320 e. The molecule has 1 aliphatic heterocycles. The van der Waals surface area contributed by atoms with Crippen LogP contribution in [0.4, 0.5) is 10.6 Å². The Kier molecular flexibility index (Phi) is 6.97. The van der Waals surface area contributed by atoms with Crippen LogP contribution in [0.5, 0.6) is 0 Å². The molecule has 10 nitrogen and oxygen atoms in total. The molecule has 2 amide bonds. The molecule has 2 aromatic heterocycles. The van der Waals surface area contributed by atoms with E-state index in [0.29, 0.717) is 37.0 Å². The lowest BCUT2D eigenvalue weighted by molar-refractivity contribution is -0.146. The zero-order valence-electron chi connectivity index (χ0n) is 19.3. The molecular weight excluding hydrogens is 422 g/mol. The minimum absolute atomic E-state index is 0.145. The highest BCUT2D eigenvalue weighted by molar-refractivity contribution is 5.91. The van der Waals surface area contributed by atoms with Gasteiger partial charge in [-0.2, -0.15) is 10.2 Å². The minimum atomic E-state index is -0.323. The van der Waals surface area contributed by atoms with Crippen LogP contribution in [0.15, 0.2) is 42.7 Å². The molecule has 2 atom stereocenters. The summed E-state index contributed by atoms with van der Waals surface area (Å²) in [5.41, 5.74) is 3.14. The Balaban J connectivity index is 1.57. The van der Waals surface area contributed by atoms with E-state index < -0.39 is 0 Å². The Labute approximate surface area is 192 Å². The fraction of sp³-hybridized carbons (Fsp3) is 0.391. The van der Waals surface area contributed by atoms with Gasteiger partial charge in [-0.1, -0.05) is 18.2 Å². The van der Waals surface area contributed by atoms with Crippen LogP contribution in [0.2, 0.25) is 0 Å². The third kappa shape index (κ3) is 5.19. The number of aryl methyl sites for hydroxylation is 1. The summed E-state index contributed by atoms with van der Waals surface area (Å²) in [6, 6.07) is 9.19. The second kappa shape index (κ2) is 10.1. The van der Waals surface area contributed by atoms with Crippen molar-refractivity contribution in [1.82, 2.24) is 30.1 Å². The van der Waals surface area contributed by atoms with Crippen molar-refractivity contribution in [2.24, 2.45) is 0 Å². The molecule has 1 aromatic carbocycles. The first-order valence-corrected chi connectivity index (χ1v) is 10.9. The molecule has 3 aromatic rings. The number of urea groups is 1. The van der Waals surface area contributed by atoms with E-state index in [-0.39, 0.29) is 18.2 Å². The lowest BCUT2D eigenvalue weighted by Crippen LogP contribution is -2.44. The Morgan fingerprint density at radius 3 is 2.64 bits per heavy atom. The summed E-state index contributed by atoms with van der Waals surface area (Å²) >= 11 is 0. The molecule has 0 radical (unpaired) electrons. The number of nitrogens with zero attached hydrogens (tertiary/aromatic N) is 5. The maximum absolute atomic E-state index is 13.0. The first kappa shape index (κ1) is 22.8. The molecule has 2 N–H and O–H groups in total. The highest BCUT2D eigenvalue weighted by atomic mass is 16.7. The average Bonchev–Trinajstić information content (AvgIpc) is 3.33. The second-order valence-corrected chi connectivity index (χ2v) is 7.98. The summed E-state index contributed by atoms with van der Waals surface area (Å²) in [4.78, 5) is 27.3. The van der Waals surface area contributed by atoms with Crippen LogP contribution in [-0.4, -0.2) is 69.8 Å². The largest absolute Gasteiger partial charge is 0.383 e. The summed E-state index contributed by atoms with van der Waals surface area (Å²) in [5.74, 6) is 1.26. The quantitative estimate of drug-likeness (QED) is 0.569. The smallest absolute Gasteiger partial charge is 0.320 e. The Morgan fingerprint density at radius 1 is 1.21 bits per heavy atom. The van der Waals surface area contributed by atoms with Crippen molar-refractivity contribution in [2.75, 3.05) is 32.1 Å². The van der Waals surface area contributed by atoms with Crippen molar-refractivity contribution in [3.63, 3.8) is 0 Å². The van der Waals surface area contributed by atoms with Gasteiger partial charge in [0.25, 0.3) is 0 Å². The van der Waals surface area contributed by atoms with Crippen LogP contribution in [0.3, 0.4) is 0 Å². The number of ether oxygens (including phenoxy) is 1. The molecule has 0 bridgehead atoms. The van der Waals surface area contributed by atoms with Crippen molar-refractivity contribution in [3.05, 3.63) is 54.1 Å². The van der Waals surface area contributed by atoms with E-state index >= 15 is 0 Å². The number of carbonyl (C=O) groups is 1. The molecular formula is C23H29N7O3. The molecule has 0 saturated carbocycles. The molecule has 0 aliphatic carbocycles. The van der Waals surface area contributed by atoms with Gasteiger partial charge in [0, 0.05) is 43.7 Å². The Hall–Kier alpha value is -3.34. The summed E-state index contributed by atoms with van der Waals surface area (Å²) in [6.45, 7) is 7.48. The third-order valence-corrected chi connectivity index (χ3v) is 5.55. The molecule has 174 valence electrons. The standard InChI is InChI=1S/C23H29N7O3/c1-15-21(18-12-24-17(3)25-13-18)28-30(19-8-6-5-7-9-19)22(15)27-23(31)26-20-14-29(10-11-32-4)33-16(20)2/h5-9,12-13,16,20H,10-11,14H2,1-4H3,(H2,26,27,31)/t16-,20+/m0/s1. The number of benzene rings is 1. The summed E-state index contributed by atoms with van der Waals surface area (Å²) in [5, 5.41) is 12.6. The predicted octanol–water partition coefficient (Wildman–Crippen LogP) is 2.72. The van der Waals surface area contributed by atoms with Crippen LogP contribution in [0, 0.1) is 13.8 Å². The van der Waals surface area contributed by atoms with Gasteiger partial charge < -0.3 is 10.1 Å². The first-order chi connectivity index (χ1) is 16.0. The Morgan fingerprint density at radius 2 is 1.94 bits per heavy atom. The van der Waals surface area contributed by atoms with Crippen LogP contribution in [0.1, 0.15) is 18.3 Å². The van der Waals surface area contributed by atoms with Crippen molar-refractivity contribution < 1.29 is 14.4 Å². The number of para-hydroxylation sites is 1. The van der Waals surface area contributed by atoms with E-state index in [4.69, 9.17) is 14.7 Å². The van der Waals surface area contributed by atoms with Crippen LogP contribution in [-0.2, 0) is 9.57 Å². The van der Waals surface area contributed by atoms with E-state index in [1.165, 1.54) is 0 Å². The molecule has 10 heteroatoms. The maximum atomic E-state index is 13.0. The molecule has 3 heterocycles. The number of rotatable bonds is 7. The molecule has 0 spiro atoms. The zero-order valence-corrected chi connectivity index (χ0v) is 19.3. The van der Waals surface area contributed by atoms with Crippen molar-refractivity contribution >= 4 is 11.8 Å². The zero-order chi connectivity index (χ0) is 23.4. The summed E-state index contributed by atoms with van der Waals surface area (Å²) in [7, 11) is 1.65. The van der Waals surface area contributed by atoms with Gasteiger partial charge in [-0.25, -0.2) is 19.4 Å². The van der Waals surface area contributed by atoms with Crippen molar-refractivity contribution in [3.8, 4) is 16.9 Å². The number of carbonyl (C=O) groups excluding carboxylic acids is 1. The van der Waals surface area contributed by atoms with Gasteiger partial charge in [0.15, 0.2) is 0 Å². The minimum Gasteiger partial charge on any atom is -0.383 e. The van der Waals surface area contributed by atoms with Gasteiger partial charge in [0.05, 0.1) is 24.4 Å². The Bertz CT molecular complexity index is 1090. The van der Waals surface area contributed by atoms with Crippen LogP contribution < -0.4 is 10.6 Å².